The van der Waals surface area contributed by atoms with E-state index in [1.807, 2.05) is 72.8 Å². The van der Waals surface area contributed by atoms with Crippen molar-refractivity contribution in [2.24, 2.45) is 16.5 Å². The van der Waals surface area contributed by atoms with Crippen molar-refractivity contribution >= 4 is 46.3 Å². The van der Waals surface area contributed by atoms with E-state index in [-0.39, 0.29) is 17.8 Å². The zero-order valence-electron chi connectivity index (χ0n) is 17.0. The van der Waals surface area contributed by atoms with Crippen molar-refractivity contribution in [3.63, 3.8) is 0 Å². The molecule has 0 aliphatic carbocycles. The molecule has 0 saturated heterocycles. The van der Waals surface area contributed by atoms with E-state index in [0.29, 0.717) is 0 Å². The Morgan fingerprint density at radius 2 is 1.55 bits per heavy atom. The molecule has 0 aliphatic rings. The molecule has 8 heteroatoms. The number of aliphatic imine (C=N–C) groups is 1. The molecule has 7 N–H and O–H groups in total. The fourth-order valence-corrected chi connectivity index (χ4v) is 2.55. The van der Waals surface area contributed by atoms with Gasteiger partial charge in [-0.1, -0.05) is 66.7 Å². The average molecular weight is 416 g/mol. The third-order valence-corrected chi connectivity index (χ3v) is 3.80. The number of nitrogens with zero attached hydrogens (tertiary/aromatic N) is 1. The number of carbonyl (C=O) groups is 2. The first-order valence-electron chi connectivity index (χ1n) is 9.33. The number of nitrogens with one attached hydrogen (secondary N) is 3. The average Bonchev–Trinajstić information content (AvgIpc) is 2.73. The maximum atomic E-state index is 11.0. The molecule has 3 rings (SSSR count). The second-order valence-electron chi connectivity index (χ2n) is 6.32. The molecule has 0 bridgehead atoms. The van der Waals surface area contributed by atoms with Crippen LogP contribution >= 0.6 is 0 Å². The molecule has 0 aliphatic heterocycles. The summed E-state index contributed by atoms with van der Waals surface area (Å²) in [6, 6.07) is 23.0. The summed E-state index contributed by atoms with van der Waals surface area (Å²) < 4.78 is 0. The van der Waals surface area contributed by atoms with Gasteiger partial charge in [-0.25, -0.2) is 4.99 Å². The van der Waals surface area contributed by atoms with Gasteiger partial charge in [-0.2, -0.15) is 0 Å². The smallest absolute Gasteiger partial charge is 0.250 e. The van der Waals surface area contributed by atoms with Crippen LogP contribution in [0.1, 0.15) is 12.5 Å². The minimum absolute atomic E-state index is 0.105. The molecular formula is C23H24N6O2. The third-order valence-electron chi connectivity index (χ3n) is 3.80. The van der Waals surface area contributed by atoms with E-state index in [4.69, 9.17) is 16.9 Å². The zero-order chi connectivity index (χ0) is 22.6. The molecule has 31 heavy (non-hydrogen) atoms. The lowest BCUT2D eigenvalue weighted by Crippen LogP contribution is -2.34. The van der Waals surface area contributed by atoms with Crippen LogP contribution in [-0.2, 0) is 9.59 Å². The van der Waals surface area contributed by atoms with Crippen LogP contribution in [0.25, 0.3) is 16.8 Å². The first-order valence-corrected chi connectivity index (χ1v) is 9.33. The second kappa shape index (κ2) is 11.5. The fraction of sp³-hybridized carbons (Fsp3) is 0.0435. The molecule has 8 nitrogen and oxygen atoms in total. The zero-order valence-corrected chi connectivity index (χ0v) is 17.0. The Kier molecular flexibility index (Phi) is 8.48. The number of amides is 2. The summed E-state index contributed by atoms with van der Waals surface area (Å²) in [7, 11) is 0. The van der Waals surface area contributed by atoms with Crippen molar-refractivity contribution in [1.29, 1.82) is 5.41 Å². The summed E-state index contributed by atoms with van der Waals surface area (Å²) in [5.41, 5.74) is 12.3. The van der Waals surface area contributed by atoms with E-state index in [2.05, 4.69) is 15.6 Å². The Balaban J connectivity index is 0.000000225. The van der Waals surface area contributed by atoms with E-state index in [1.54, 1.807) is 6.08 Å². The number of hydrogen-bond acceptors (Lipinski definition) is 4. The second-order valence-corrected chi connectivity index (χ2v) is 6.32. The number of nitrogens with two attached hydrogens (primary N) is 2. The van der Waals surface area contributed by atoms with Crippen LogP contribution in [0.5, 0.6) is 0 Å². The van der Waals surface area contributed by atoms with Crippen molar-refractivity contribution in [3.8, 4) is 0 Å². The van der Waals surface area contributed by atoms with Crippen molar-refractivity contribution in [2.45, 2.75) is 6.92 Å². The highest BCUT2D eigenvalue weighted by Gasteiger charge is 2.00. The molecule has 0 spiro atoms. The number of hydrogen-bond donors (Lipinski definition) is 5. The summed E-state index contributed by atoms with van der Waals surface area (Å²) in [6.45, 7) is 1.39. The van der Waals surface area contributed by atoms with Crippen LogP contribution in [0.4, 0.5) is 5.69 Å². The number of rotatable bonds is 3. The maximum Gasteiger partial charge on any atom is 0.250 e. The Bertz CT molecular complexity index is 1120. The van der Waals surface area contributed by atoms with Gasteiger partial charge in [0.25, 0.3) is 5.91 Å². The molecule has 0 aromatic heterocycles. The number of guanidine groups is 2. The van der Waals surface area contributed by atoms with Gasteiger partial charge in [0.1, 0.15) is 0 Å². The molecule has 0 heterocycles. The van der Waals surface area contributed by atoms with Gasteiger partial charge in [0.2, 0.25) is 11.9 Å². The van der Waals surface area contributed by atoms with Crippen LogP contribution in [-0.4, -0.2) is 23.7 Å². The number of fused-ring (bicyclic) bond motifs is 1. The van der Waals surface area contributed by atoms with Gasteiger partial charge in [-0.15, -0.1) is 0 Å². The summed E-state index contributed by atoms with van der Waals surface area (Å²) in [5.74, 6) is -0.880. The van der Waals surface area contributed by atoms with Gasteiger partial charge < -0.3 is 11.5 Å². The van der Waals surface area contributed by atoms with Crippen molar-refractivity contribution < 1.29 is 9.59 Å². The maximum absolute atomic E-state index is 11.0. The quantitative estimate of drug-likeness (QED) is 0.254. The molecule has 0 fully saturated rings. The SMILES string of the molecule is CC(=O)NC(N)=Nc1cccc2ccccc12.N=C(N)NC(=O)C=Cc1ccccc1. The summed E-state index contributed by atoms with van der Waals surface area (Å²) in [4.78, 5) is 26.0. The monoisotopic (exact) mass is 416 g/mol. The lowest BCUT2D eigenvalue weighted by Gasteiger charge is -2.04. The largest absolute Gasteiger partial charge is 0.370 e. The molecule has 158 valence electrons. The normalized spacial score (nSPS) is 10.8. The first-order chi connectivity index (χ1) is 14.8. The Morgan fingerprint density at radius 3 is 2.23 bits per heavy atom. The molecule has 0 saturated carbocycles. The molecule has 0 unspecified atom stereocenters. The molecule has 3 aromatic carbocycles. The lowest BCUT2D eigenvalue weighted by molar-refractivity contribution is -0.117. The summed E-state index contributed by atoms with van der Waals surface area (Å²) in [6.07, 6.45) is 2.98. The first kappa shape index (κ1) is 22.8. The van der Waals surface area contributed by atoms with E-state index < -0.39 is 5.91 Å². The van der Waals surface area contributed by atoms with E-state index in [1.165, 1.54) is 13.0 Å². The predicted molar refractivity (Wildman–Crippen MR) is 125 cm³/mol. The van der Waals surface area contributed by atoms with Crippen molar-refractivity contribution in [3.05, 3.63) is 84.4 Å². The molecule has 3 aromatic rings. The minimum atomic E-state index is -0.402. The standard InChI is InChI=1S/C13H13N3O.C10H11N3O/c1-9(17)15-13(14)16-12-8-4-6-10-5-2-3-7-11(10)12;11-10(12)13-9(14)7-6-8-4-2-1-3-5-8/h2-8H,1H3,(H3,14,15,16,17);1-7H,(H4,11,12,13,14). The summed E-state index contributed by atoms with van der Waals surface area (Å²) >= 11 is 0. The Morgan fingerprint density at radius 1 is 0.903 bits per heavy atom. The van der Waals surface area contributed by atoms with Gasteiger partial charge >= 0.3 is 0 Å². The summed E-state index contributed by atoms with van der Waals surface area (Å²) in [5, 5.41) is 13.5. The van der Waals surface area contributed by atoms with Crippen LogP contribution in [0.15, 0.2) is 83.9 Å². The number of benzene rings is 3. The lowest BCUT2D eigenvalue weighted by atomic mass is 10.1. The Labute approximate surface area is 180 Å². The highest BCUT2D eigenvalue weighted by molar-refractivity contribution is 6.02. The molecule has 0 atom stereocenters. The fourth-order valence-electron chi connectivity index (χ4n) is 2.55. The van der Waals surface area contributed by atoms with E-state index in [9.17, 15) is 9.59 Å². The molecular weight excluding hydrogens is 392 g/mol. The van der Waals surface area contributed by atoms with Crippen LogP contribution in [0.3, 0.4) is 0 Å². The van der Waals surface area contributed by atoms with E-state index in [0.717, 1.165) is 22.0 Å². The van der Waals surface area contributed by atoms with Gasteiger partial charge in [-0.05, 0) is 23.1 Å². The predicted octanol–water partition coefficient (Wildman–Crippen LogP) is 2.63. The van der Waals surface area contributed by atoms with Crippen LogP contribution in [0.2, 0.25) is 0 Å². The van der Waals surface area contributed by atoms with E-state index >= 15 is 0 Å². The molecule has 2 amide bonds. The Hall–Kier alpha value is -4.46. The van der Waals surface area contributed by atoms with Crippen LogP contribution in [0, 0.1) is 5.41 Å². The molecule has 0 radical (unpaired) electrons. The highest BCUT2D eigenvalue weighted by atomic mass is 16.2. The van der Waals surface area contributed by atoms with Gasteiger partial charge in [-0.3, -0.25) is 25.6 Å². The van der Waals surface area contributed by atoms with Gasteiger partial charge in [0, 0.05) is 18.4 Å². The topological polar surface area (TPSA) is 146 Å². The van der Waals surface area contributed by atoms with Crippen molar-refractivity contribution in [2.75, 3.05) is 0 Å². The van der Waals surface area contributed by atoms with Crippen molar-refractivity contribution in [1.82, 2.24) is 10.6 Å². The minimum Gasteiger partial charge on any atom is -0.370 e. The third kappa shape index (κ3) is 8.20. The van der Waals surface area contributed by atoms with Gasteiger partial charge in [0.15, 0.2) is 5.96 Å². The van der Waals surface area contributed by atoms with Gasteiger partial charge in [0.05, 0.1) is 5.69 Å². The highest BCUT2D eigenvalue weighted by Crippen LogP contribution is 2.25. The van der Waals surface area contributed by atoms with Crippen LogP contribution < -0.4 is 22.1 Å². The number of carbonyl (C=O) groups excluding carboxylic acids is 2.